The van der Waals surface area contributed by atoms with E-state index in [4.69, 9.17) is 10.4 Å². The van der Waals surface area contributed by atoms with Crippen molar-refractivity contribution in [1.82, 2.24) is 12.3 Å². The van der Waals surface area contributed by atoms with Gasteiger partial charge in [0.2, 0.25) is 0 Å². The molecule has 32 valence electrons. The van der Waals surface area contributed by atoms with Crippen LogP contribution in [-0.2, 0) is 0 Å². The highest BCUT2D eigenvalue weighted by molar-refractivity contribution is 8.93. The van der Waals surface area contributed by atoms with Crippen LogP contribution in [0.2, 0.25) is 8.47 Å². The summed E-state index contributed by atoms with van der Waals surface area (Å²) in [4.78, 5) is 0. The molecule has 2 nitrogen and oxygen atoms in total. The molecule has 0 aromatic heterocycles. The molecule has 0 heterocycles. The first kappa shape index (κ1) is 0.932. The molecule has 6 N–H and O–H groups in total. The van der Waals surface area contributed by atoms with Crippen LogP contribution in [-0.4, -0.2) is 1.92 Å². The highest BCUT2D eigenvalue weighted by Gasteiger charge is -0.113. The Morgan fingerprint density at radius 1 is 1.50 bits per heavy atom. The van der Waals surface area contributed by atoms with Crippen molar-refractivity contribution in [2.75, 3.05) is 0 Å². The Morgan fingerprint density at radius 2 is 1.50 bits per heavy atom. The van der Waals surface area contributed by atoms with Gasteiger partial charge in [-0.3, -0.25) is 0 Å². The Bertz CT molecular complexity index is 30.5. The van der Waals surface area contributed by atoms with Crippen molar-refractivity contribution in [2.45, 2.75) is 0 Å². The van der Waals surface area contributed by atoms with Crippen LogP contribution in [0.15, 0.2) is 0 Å². The molecule has 4 heteroatoms. The van der Waals surface area contributed by atoms with Gasteiger partial charge in [-0.1, -0.05) is 0 Å². The zero-order chi connectivity index (χ0) is 11.2. The van der Waals surface area contributed by atoms with Crippen LogP contribution in [0.4, 0.5) is 0 Å². The molecular weight excluding hydrogens is 188 g/mol. The third-order valence-corrected chi connectivity index (χ3v) is 0. The average molecular weight is 204 g/mol. The monoisotopic (exact) mass is 202 g/mol. The minimum Gasteiger partial charge on any atom is -0.344 e. The van der Waals surface area contributed by atoms with Gasteiger partial charge in [0.05, 0.1) is 0 Å². The standard InChI is InChI=1S/2BrH.2H3N/h2*1H;2*1H3/i/hD8. The summed E-state index contributed by atoms with van der Waals surface area (Å²) < 4.78 is 45.6. The summed E-state index contributed by atoms with van der Waals surface area (Å²) in [6.45, 7) is 0. The average Bonchev–Trinajstić information content (AvgIpc) is 1.93. The lowest BCUT2D eigenvalue weighted by Crippen LogP contribution is -0.482. The van der Waals surface area contributed by atoms with Gasteiger partial charge in [0.1, 0.15) is 10.4 Å². The summed E-state index contributed by atoms with van der Waals surface area (Å²) in [6.07, 6.45) is -0.500. The van der Waals surface area contributed by atoms with Crippen LogP contribution in [0.3, 0.4) is 0 Å². The lowest BCUT2D eigenvalue weighted by molar-refractivity contribution is 2.13. The molecule has 0 aromatic rings. The molecule has 4 heavy (non-hydrogen) atoms. The van der Waals surface area contributed by atoms with Crippen LogP contribution >= 0.6 is 33.7 Å². The first-order chi connectivity index (χ1) is 5.46. The SMILES string of the molecule is [2H]Br.[2H]Br.[2H]N([2H])[2H].[2H]N([2H])[2H]. The largest absolute Gasteiger partial charge is 0.344 e. The molecule has 0 aliphatic rings. The van der Waals surface area contributed by atoms with E-state index in [1.807, 2.05) is 0 Å². The second-order valence-corrected chi connectivity index (χ2v) is 0. The second-order valence-electron chi connectivity index (χ2n) is 0. The van der Waals surface area contributed by atoms with E-state index < -0.39 is 0 Å². The highest BCUT2D eigenvalue weighted by atomic mass is 79.9. The quantitative estimate of drug-likeness (QED) is 0.627. The van der Waals surface area contributed by atoms with Crippen LogP contribution in [0.5, 0.6) is 0 Å². The van der Waals surface area contributed by atoms with E-state index in [2.05, 4.69) is 33.7 Å². The van der Waals surface area contributed by atoms with E-state index >= 15 is 0 Å². The van der Waals surface area contributed by atoms with E-state index in [0.29, 0.717) is 0 Å². The fourth-order valence-electron chi connectivity index (χ4n) is 0. The number of hydrogen-bond acceptors (Lipinski definition) is 2. The molecule has 0 fully saturated rings. The van der Waals surface area contributed by atoms with Crippen LogP contribution in [0, 0.1) is 0 Å². The van der Waals surface area contributed by atoms with Gasteiger partial charge in [-0.05, 0) is 0 Å². The predicted molar refractivity (Wildman–Crippen MR) is 30.7 cm³/mol. The van der Waals surface area contributed by atoms with Crippen molar-refractivity contribution in [3.05, 3.63) is 0 Å². The van der Waals surface area contributed by atoms with Gasteiger partial charge in [-0.15, -0.1) is 33.7 Å². The van der Waals surface area contributed by atoms with Gasteiger partial charge < -0.3 is 12.3 Å². The summed E-state index contributed by atoms with van der Waals surface area (Å²) in [5.41, 5.74) is 0. The van der Waals surface area contributed by atoms with E-state index in [1.165, 1.54) is 0 Å². The molecule has 0 amide bonds. The summed E-state index contributed by atoms with van der Waals surface area (Å²) in [5, 5.41) is 0. The molecule has 0 radical (unpaired) electrons. The minimum atomic E-state index is -0.250. The zero-order valence-corrected chi connectivity index (χ0v) is 4.82. The summed E-state index contributed by atoms with van der Waals surface area (Å²) in [5.74, 6) is 0. The van der Waals surface area contributed by atoms with Crippen molar-refractivity contribution < 1.29 is 8.47 Å². The number of halogens is 2. The van der Waals surface area contributed by atoms with E-state index in [9.17, 15) is 0 Å². The number of rotatable bonds is 0. The maximum Gasteiger partial charge on any atom is 0.115 e. The molecule has 0 aromatic carbocycles. The third-order valence-electron chi connectivity index (χ3n) is 0. The maximum atomic E-state index is 5.75. The van der Waals surface area contributed by atoms with Gasteiger partial charge in [0.15, 0.2) is 0 Å². The topological polar surface area (TPSA) is 70.0 Å². The normalized spacial score (nSPS) is 23.0. The Balaban J connectivity index is -0.0000000380. The van der Waals surface area contributed by atoms with E-state index in [0.717, 1.165) is 0 Å². The molecule has 0 aliphatic carbocycles. The first-order valence-corrected chi connectivity index (χ1v) is 0. The smallest absolute Gasteiger partial charge is 0.115 e. The number of hydrogen-bond donors (Lipinski definition) is 2. The fourth-order valence-corrected chi connectivity index (χ4v) is 0. The lowest BCUT2D eigenvalue weighted by Gasteiger charge is -0.345. The molecule has 0 saturated carbocycles. The second kappa shape index (κ2) is 41.6. The van der Waals surface area contributed by atoms with Gasteiger partial charge in [0, 0.05) is 0 Å². The van der Waals surface area contributed by atoms with Crippen molar-refractivity contribution in [2.24, 2.45) is 0 Å². The van der Waals surface area contributed by atoms with Gasteiger partial charge in [0.25, 0.3) is 0 Å². The summed E-state index contributed by atoms with van der Waals surface area (Å²) >= 11 is 4.38. The van der Waals surface area contributed by atoms with Gasteiger partial charge >= 0.3 is 0 Å². The van der Waals surface area contributed by atoms with Gasteiger partial charge in [-0.25, -0.2) is 0 Å². The van der Waals surface area contributed by atoms with E-state index in [-0.39, 0.29) is 12.3 Å². The Morgan fingerprint density at radius 3 is 1.50 bits per heavy atom. The van der Waals surface area contributed by atoms with Crippen LogP contribution in [0.25, 0.3) is 0 Å². The van der Waals surface area contributed by atoms with E-state index in [1.54, 1.807) is 0 Å². The molecule has 0 saturated heterocycles. The van der Waals surface area contributed by atoms with Gasteiger partial charge in [-0.2, -0.15) is 0 Å². The molecular formula is H8Br2N2. The molecule has 0 aliphatic heterocycles. The van der Waals surface area contributed by atoms with Crippen LogP contribution < -0.4 is 12.3 Å². The Kier molecular flexibility index (Phi) is 9.68. The Hall–Kier alpha value is 0.880. The lowest BCUT2D eigenvalue weighted by atomic mass is 14.0. The molecule has 0 rings (SSSR count). The third kappa shape index (κ3) is 13.1. The Labute approximate surface area is 57.2 Å². The van der Waals surface area contributed by atoms with Crippen molar-refractivity contribution >= 4 is 33.7 Å². The van der Waals surface area contributed by atoms with Crippen molar-refractivity contribution in [1.29, 1.82) is 1.92 Å². The molecule has 0 spiro atoms. The fraction of sp³-hybridized carbons (Fsp3) is 0. The van der Waals surface area contributed by atoms with Crippen molar-refractivity contribution in [3.8, 4) is 0 Å². The zero-order valence-electron chi connectivity index (χ0n) is 9.65. The predicted octanol–water partition coefficient (Wildman–Crippen LogP) is 1.48. The molecule has 0 unspecified atom stereocenters. The summed E-state index contributed by atoms with van der Waals surface area (Å²) in [6, 6.07) is 0. The molecule has 0 bridgehead atoms. The summed E-state index contributed by atoms with van der Waals surface area (Å²) in [7, 11) is 0. The maximum absolute atomic E-state index is 5.75. The molecule has 0 atom stereocenters. The van der Waals surface area contributed by atoms with Crippen molar-refractivity contribution in [3.63, 3.8) is 0 Å². The first-order valence-electron chi connectivity index (χ1n) is 3.44. The van der Waals surface area contributed by atoms with Crippen LogP contribution in [0.1, 0.15) is 0 Å². The minimum absolute atomic E-state index is 0.250. The highest BCUT2D eigenvalue weighted by Crippen LogP contribution is 0.847.